The van der Waals surface area contributed by atoms with Crippen molar-refractivity contribution in [1.29, 1.82) is 0 Å². The van der Waals surface area contributed by atoms with Gasteiger partial charge in [-0.25, -0.2) is 0 Å². The quantitative estimate of drug-likeness (QED) is 0.121. The van der Waals surface area contributed by atoms with Crippen LogP contribution in [-0.4, -0.2) is 73.7 Å². The number of unbranched alkanes of at least 4 members (excludes halogenated alkanes) is 3. The fraction of sp³-hybridized carbons (Fsp3) is 0.806. The van der Waals surface area contributed by atoms with Crippen LogP contribution in [0.1, 0.15) is 99.8 Å². The molecule has 1 amide bonds. The highest BCUT2D eigenvalue weighted by Gasteiger charge is 2.35. The molecule has 226 valence electrons. The summed E-state index contributed by atoms with van der Waals surface area (Å²) in [5.41, 5.74) is 0. The van der Waals surface area contributed by atoms with E-state index in [1.165, 1.54) is 6.92 Å². The van der Waals surface area contributed by atoms with E-state index in [1.807, 2.05) is 58.8 Å². The molecular formula is C31H57N3O5. The van der Waals surface area contributed by atoms with E-state index in [2.05, 4.69) is 24.5 Å². The number of likely N-dealkylation sites (N-methyl/N-ethyl adjacent to an activating group) is 2. The molecule has 0 fully saturated rings. The normalized spacial score (nSPS) is 15.8. The molecule has 2 N–H and O–H groups in total. The average Bonchev–Trinajstić information content (AvgIpc) is 2.84. The molecule has 0 saturated heterocycles. The highest BCUT2D eigenvalue weighted by molar-refractivity contribution is 5.91. The van der Waals surface area contributed by atoms with Gasteiger partial charge in [0.05, 0.1) is 12.1 Å². The summed E-state index contributed by atoms with van der Waals surface area (Å²) in [6.45, 7) is 13.4. The first-order valence-corrected chi connectivity index (χ1v) is 14.7. The van der Waals surface area contributed by atoms with Gasteiger partial charge in [0.2, 0.25) is 5.91 Å². The van der Waals surface area contributed by atoms with Crippen molar-refractivity contribution in [3.63, 3.8) is 0 Å². The number of hydrogen-bond acceptors (Lipinski definition) is 7. The summed E-state index contributed by atoms with van der Waals surface area (Å²) < 4.78 is 5.63. The second kappa shape index (κ2) is 19.9. The number of amides is 1. The molecule has 39 heavy (non-hydrogen) atoms. The third-order valence-electron chi connectivity index (χ3n) is 7.08. The molecule has 2 unspecified atom stereocenters. The third-order valence-corrected chi connectivity index (χ3v) is 7.08. The summed E-state index contributed by atoms with van der Waals surface area (Å²) in [4.78, 5) is 52.5. The van der Waals surface area contributed by atoms with Gasteiger partial charge in [-0.3, -0.25) is 24.1 Å². The van der Waals surface area contributed by atoms with Crippen LogP contribution in [0.25, 0.3) is 0 Å². The van der Waals surface area contributed by atoms with Crippen LogP contribution in [0.5, 0.6) is 0 Å². The molecule has 0 rings (SSSR count). The number of carbonyl (C=O) groups excluding carboxylic acids is 4. The summed E-state index contributed by atoms with van der Waals surface area (Å²) in [7, 11) is 5.46. The zero-order valence-electron chi connectivity index (χ0n) is 26.3. The number of carbonyl (C=O) groups is 4. The van der Waals surface area contributed by atoms with Crippen LogP contribution in [0, 0.1) is 17.8 Å². The van der Waals surface area contributed by atoms with Gasteiger partial charge in [0.25, 0.3) is 0 Å². The Morgan fingerprint density at radius 1 is 0.897 bits per heavy atom. The molecule has 0 aliphatic carbocycles. The summed E-state index contributed by atoms with van der Waals surface area (Å²) >= 11 is 0. The van der Waals surface area contributed by atoms with Crippen molar-refractivity contribution in [2.75, 3.05) is 21.1 Å². The largest absolute Gasteiger partial charge is 0.460 e. The molecular weight excluding hydrogens is 494 g/mol. The van der Waals surface area contributed by atoms with Crippen molar-refractivity contribution in [2.45, 2.75) is 124 Å². The number of allylic oxidation sites excluding steroid dienone is 2. The molecule has 0 bridgehead atoms. The molecule has 0 heterocycles. The van der Waals surface area contributed by atoms with Crippen LogP contribution < -0.4 is 10.6 Å². The standard InChI is InChI=1S/C31H57N3O5/c1-11-12-17-23(6)30(39-24(7)35)29(34(9)10)27(37)19-16-14-13-15-18-26(36)28(22(4)5)33-31(38)25(32-8)20-21(2)3/h11-12,21-23,25,28-30,32H,13-20H2,1-10H3,(H,33,38)/b12-11+/t23-,25+,28+,29?,30?/m1/s1. The maximum Gasteiger partial charge on any atom is 0.302 e. The number of nitrogens with zero attached hydrogens (tertiary/aromatic N) is 1. The minimum Gasteiger partial charge on any atom is -0.460 e. The lowest BCUT2D eigenvalue weighted by molar-refractivity contribution is -0.155. The Morgan fingerprint density at radius 2 is 1.46 bits per heavy atom. The van der Waals surface area contributed by atoms with Gasteiger partial charge in [-0.2, -0.15) is 0 Å². The predicted molar refractivity (Wildman–Crippen MR) is 158 cm³/mol. The minimum atomic E-state index is -0.509. The summed E-state index contributed by atoms with van der Waals surface area (Å²) in [6.07, 6.45) is 8.84. The van der Waals surface area contributed by atoms with E-state index >= 15 is 0 Å². The Bertz CT molecular complexity index is 778. The number of hydrogen-bond donors (Lipinski definition) is 2. The Morgan fingerprint density at radius 3 is 1.90 bits per heavy atom. The molecule has 0 aromatic carbocycles. The van der Waals surface area contributed by atoms with E-state index in [9.17, 15) is 19.2 Å². The molecule has 0 radical (unpaired) electrons. The highest BCUT2D eigenvalue weighted by Crippen LogP contribution is 2.22. The van der Waals surface area contributed by atoms with Crippen LogP contribution in [0.15, 0.2) is 12.2 Å². The lowest BCUT2D eigenvalue weighted by Gasteiger charge is -2.34. The van der Waals surface area contributed by atoms with Crippen LogP contribution in [0.4, 0.5) is 0 Å². The van der Waals surface area contributed by atoms with E-state index in [0.717, 1.165) is 32.1 Å². The van der Waals surface area contributed by atoms with Crippen molar-refractivity contribution >= 4 is 23.4 Å². The van der Waals surface area contributed by atoms with Crippen molar-refractivity contribution < 1.29 is 23.9 Å². The molecule has 0 aliphatic heterocycles. The van der Waals surface area contributed by atoms with Crippen molar-refractivity contribution in [1.82, 2.24) is 15.5 Å². The van der Waals surface area contributed by atoms with Crippen molar-refractivity contribution in [2.24, 2.45) is 17.8 Å². The topological polar surface area (TPSA) is 105 Å². The Hall–Kier alpha value is -2.06. The van der Waals surface area contributed by atoms with Crippen molar-refractivity contribution in [3.05, 3.63) is 12.2 Å². The molecule has 5 atom stereocenters. The molecule has 8 heteroatoms. The summed E-state index contributed by atoms with van der Waals surface area (Å²) in [5, 5.41) is 6.02. The second-order valence-electron chi connectivity index (χ2n) is 11.8. The van der Waals surface area contributed by atoms with Gasteiger partial charge in [0.15, 0.2) is 11.6 Å². The number of ketones is 2. The minimum absolute atomic E-state index is 0.00983. The van der Waals surface area contributed by atoms with Crippen molar-refractivity contribution in [3.8, 4) is 0 Å². The number of ether oxygens (including phenoxy) is 1. The van der Waals surface area contributed by atoms with Gasteiger partial charge >= 0.3 is 5.97 Å². The first-order valence-electron chi connectivity index (χ1n) is 14.7. The zero-order valence-corrected chi connectivity index (χ0v) is 26.3. The lowest BCUT2D eigenvalue weighted by Crippen LogP contribution is -2.51. The predicted octanol–water partition coefficient (Wildman–Crippen LogP) is 4.70. The average molecular weight is 552 g/mol. The zero-order chi connectivity index (χ0) is 30.1. The molecule has 8 nitrogen and oxygen atoms in total. The fourth-order valence-corrected chi connectivity index (χ4v) is 4.89. The summed E-state index contributed by atoms with van der Waals surface area (Å²) in [6, 6.07) is -1.30. The first-order chi connectivity index (χ1) is 18.3. The van der Waals surface area contributed by atoms with Crippen LogP contribution >= 0.6 is 0 Å². The number of Topliss-reactive ketones (excluding diaryl/α,β-unsaturated/α-hetero) is 2. The van der Waals surface area contributed by atoms with Gasteiger partial charge in [0.1, 0.15) is 12.1 Å². The highest BCUT2D eigenvalue weighted by atomic mass is 16.5. The Labute approximate surface area is 238 Å². The Balaban J connectivity index is 4.85. The van der Waals surface area contributed by atoms with E-state index in [0.29, 0.717) is 25.2 Å². The van der Waals surface area contributed by atoms with Gasteiger partial charge < -0.3 is 15.4 Å². The first kappa shape index (κ1) is 36.9. The van der Waals surface area contributed by atoms with Gasteiger partial charge in [-0.05, 0) is 71.5 Å². The molecule has 0 aromatic rings. The van der Waals surface area contributed by atoms with E-state index in [4.69, 9.17) is 4.74 Å². The maximum atomic E-state index is 13.2. The van der Waals surface area contributed by atoms with Crippen LogP contribution in [-0.2, 0) is 23.9 Å². The maximum absolute atomic E-state index is 13.2. The number of rotatable bonds is 21. The second-order valence-corrected chi connectivity index (χ2v) is 11.8. The van der Waals surface area contributed by atoms with E-state index in [1.54, 1.807) is 7.05 Å². The van der Waals surface area contributed by atoms with Gasteiger partial charge in [0, 0.05) is 19.8 Å². The fourth-order valence-electron chi connectivity index (χ4n) is 4.89. The van der Waals surface area contributed by atoms with Gasteiger partial charge in [-0.15, -0.1) is 0 Å². The smallest absolute Gasteiger partial charge is 0.302 e. The third kappa shape index (κ3) is 14.8. The molecule has 0 aliphatic rings. The molecule has 0 spiro atoms. The molecule has 0 aromatic heterocycles. The SMILES string of the molecule is C/C=C/C[C@@H](C)C(OC(C)=O)C(C(=O)CCCCCCC(=O)[C@@H](NC(=O)[C@H](CC(C)C)NC)C(C)C)N(C)C. The van der Waals surface area contributed by atoms with E-state index in [-0.39, 0.29) is 41.3 Å². The Kier molecular flexibility index (Phi) is 18.9. The van der Waals surface area contributed by atoms with Gasteiger partial charge in [-0.1, -0.05) is 59.6 Å². The van der Waals surface area contributed by atoms with E-state index < -0.39 is 18.2 Å². The number of nitrogens with one attached hydrogen (secondary N) is 2. The van der Waals surface area contributed by atoms with Crippen LogP contribution in [0.2, 0.25) is 0 Å². The molecule has 0 saturated carbocycles. The summed E-state index contributed by atoms with van der Waals surface area (Å²) in [5.74, 6) is 0.0110. The monoisotopic (exact) mass is 551 g/mol. The van der Waals surface area contributed by atoms with Crippen LogP contribution in [0.3, 0.4) is 0 Å². The lowest BCUT2D eigenvalue weighted by atomic mass is 9.89. The number of esters is 1.